The van der Waals surface area contributed by atoms with Crippen molar-refractivity contribution >= 4 is 27.0 Å². The first-order chi connectivity index (χ1) is 9.99. The Balaban J connectivity index is 2.27. The topological polar surface area (TPSA) is 72.8 Å². The summed E-state index contributed by atoms with van der Waals surface area (Å²) in [7, 11) is 1.45. The molecule has 0 aliphatic rings. The number of nitrogens with zero attached hydrogens (tertiary/aromatic N) is 3. The SMILES string of the molecule is COc1nc2nn(-c3c(C)cc(Br)cc3C)cc2c(=O)[nH]1. The van der Waals surface area contributed by atoms with E-state index in [1.165, 1.54) is 7.11 Å². The number of hydrogen-bond acceptors (Lipinski definition) is 4. The Hall–Kier alpha value is -2.15. The molecule has 0 saturated heterocycles. The number of hydrogen-bond donors (Lipinski definition) is 1. The predicted octanol–water partition coefficient (Wildman–Crippen LogP) is 2.50. The van der Waals surface area contributed by atoms with Gasteiger partial charge < -0.3 is 4.74 Å². The monoisotopic (exact) mass is 348 g/mol. The molecule has 6 nitrogen and oxygen atoms in total. The molecule has 1 N–H and O–H groups in total. The van der Waals surface area contributed by atoms with Crippen LogP contribution in [0.25, 0.3) is 16.7 Å². The molecule has 0 amide bonds. The van der Waals surface area contributed by atoms with Crippen molar-refractivity contribution in [1.82, 2.24) is 19.7 Å². The highest BCUT2D eigenvalue weighted by Gasteiger charge is 2.13. The lowest BCUT2D eigenvalue weighted by Gasteiger charge is -2.10. The summed E-state index contributed by atoms with van der Waals surface area (Å²) in [4.78, 5) is 18.7. The number of aromatic nitrogens is 4. The standard InChI is InChI=1S/C14H13BrN4O2/c1-7-4-9(15)5-8(2)11(7)19-6-10-12(18-19)16-14(21-3)17-13(10)20/h4-6H,1-3H3,(H,16,17,18,20). The minimum Gasteiger partial charge on any atom is -0.468 e. The van der Waals surface area contributed by atoms with Gasteiger partial charge in [0.25, 0.3) is 11.6 Å². The van der Waals surface area contributed by atoms with Gasteiger partial charge in [-0.05, 0) is 37.1 Å². The number of benzene rings is 1. The fraction of sp³-hybridized carbons (Fsp3) is 0.214. The van der Waals surface area contributed by atoms with Crippen molar-refractivity contribution in [3.63, 3.8) is 0 Å². The van der Waals surface area contributed by atoms with Crippen molar-refractivity contribution in [3.05, 3.63) is 44.3 Å². The molecular weight excluding hydrogens is 336 g/mol. The number of halogens is 1. The Morgan fingerprint density at radius 3 is 2.57 bits per heavy atom. The second kappa shape index (κ2) is 5.00. The molecule has 108 valence electrons. The van der Waals surface area contributed by atoms with Gasteiger partial charge >= 0.3 is 0 Å². The molecule has 7 heteroatoms. The molecule has 3 rings (SSSR count). The van der Waals surface area contributed by atoms with Crippen LogP contribution in [-0.2, 0) is 0 Å². The van der Waals surface area contributed by atoms with Gasteiger partial charge in [-0.3, -0.25) is 9.78 Å². The Bertz CT molecular complexity index is 875. The van der Waals surface area contributed by atoms with E-state index in [2.05, 4.69) is 31.0 Å². The van der Waals surface area contributed by atoms with Gasteiger partial charge in [-0.2, -0.15) is 4.98 Å². The molecule has 1 aromatic carbocycles. The average Bonchev–Trinajstić information content (AvgIpc) is 2.81. The zero-order chi connectivity index (χ0) is 15.1. The largest absolute Gasteiger partial charge is 0.468 e. The van der Waals surface area contributed by atoms with Crippen LogP contribution in [0.15, 0.2) is 27.6 Å². The molecule has 0 saturated carbocycles. The van der Waals surface area contributed by atoms with Crippen LogP contribution < -0.4 is 10.3 Å². The third kappa shape index (κ3) is 2.33. The van der Waals surface area contributed by atoms with Crippen molar-refractivity contribution in [3.8, 4) is 11.7 Å². The molecule has 2 heterocycles. The molecule has 0 aliphatic heterocycles. The molecule has 0 fully saturated rings. The van der Waals surface area contributed by atoms with E-state index in [1.807, 2.05) is 26.0 Å². The molecule has 0 radical (unpaired) electrons. The number of methoxy groups -OCH3 is 1. The van der Waals surface area contributed by atoms with E-state index in [9.17, 15) is 4.79 Å². The molecule has 21 heavy (non-hydrogen) atoms. The van der Waals surface area contributed by atoms with Gasteiger partial charge in [0.1, 0.15) is 5.39 Å². The summed E-state index contributed by atoms with van der Waals surface area (Å²) in [6, 6.07) is 4.17. The van der Waals surface area contributed by atoms with Crippen molar-refractivity contribution in [2.75, 3.05) is 7.11 Å². The highest BCUT2D eigenvalue weighted by atomic mass is 79.9. The zero-order valence-corrected chi connectivity index (χ0v) is 13.4. The number of nitrogens with one attached hydrogen (secondary N) is 1. The van der Waals surface area contributed by atoms with Crippen LogP contribution in [0.4, 0.5) is 0 Å². The Labute approximate surface area is 128 Å². The van der Waals surface area contributed by atoms with Gasteiger partial charge in [0.2, 0.25) is 0 Å². The molecule has 0 spiro atoms. The lowest BCUT2D eigenvalue weighted by atomic mass is 10.1. The predicted molar refractivity (Wildman–Crippen MR) is 83.2 cm³/mol. The molecule has 0 atom stereocenters. The highest BCUT2D eigenvalue weighted by Crippen LogP contribution is 2.24. The van der Waals surface area contributed by atoms with Crippen LogP contribution in [-0.4, -0.2) is 26.9 Å². The van der Waals surface area contributed by atoms with Gasteiger partial charge in [0.15, 0.2) is 5.65 Å². The minimum atomic E-state index is -0.268. The summed E-state index contributed by atoms with van der Waals surface area (Å²) in [5, 5.41) is 4.82. The van der Waals surface area contributed by atoms with E-state index in [0.29, 0.717) is 11.0 Å². The molecule has 0 aliphatic carbocycles. The van der Waals surface area contributed by atoms with Crippen LogP contribution in [0, 0.1) is 13.8 Å². The third-order valence-corrected chi connectivity index (χ3v) is 3.70. The number of aromatic amines is 1. The van der Waals surface area contributed by atoms with Crippen LogP contribution in [0.1, 0.15) is 11.1 Å². The summed E-state index contributed by atoms with van der Waals surface area (Å²) in [5.74, 6) is 0. The zero-order valence-electron chi connectivity index (χ0n) is 11.8. The van der Waals surface area contributed by atoms with Crippen LogP contribution in [0.5, 0.6) is 6.01 Å². The van der Waals surface area contributed by atoms with Gasteiger partial charge in [0.05, 0.1) is 12.8 Å². The van der Waals surface area contributed by atoms with Crippen molar-refractivity contribution in [2.24, 2.45) is 0 Å². The number of fused-ring (bicyclic) bond motifs is 1. The van der Waals surface area contributed by atoms with Crippen LogP contribution in [0.3, 0.4) is 0 Å². The maximum atomic E-state index is 12.0. The van der Waals surface area contributed by atoms with Crippen molar-refractivity contribution < 1.29 is 4.74 Å². The van der Waals surface area contributed by atoms with E-state index >= 15 is 0 Å². The summed E-state index contributed by atoms with van der Waals surface area (Å²) in [5.41, 5.74) is 3.14. The first-order valence-electron chi connectivity index (χ1n) is 6.30. The third-order valence-electron chi connectivity index (χ3n) is 3.25. The van der Waals surface area contributed by atoms with E-state index in [1.54, 1.807) is 10.9 Å². The van der Waals surface area contributed by atoms with E-state index in [4.69, 9.17) is 4.74 Å². The van der Waals surface area contributed by atoms with Gasteiger partial charge in [0, 0.05) is 10.7 Å². The molecule has 0 unspecified atom stereocenters. The van der Waals surface area contributed by atoms with Gasteiger partial charge in [-0.25, -0.2) is 4.68 Å². The first-order valence-corrected chi connectivity index (χ1v) is 7.09. The summed E-state index contributed by atoms with van der Waals surface area (Å²) in [6.07, 6.45) is 1.68. The summed E-state index contributed by atoms with van der Waals surface area (Å²) < 4.78 is 7.65. The van der Waals surface area contributed by atoms with Crippen LogP contribution >= 0.6 is 15.9 Å². The van der Waals surface area contributed by atoms with Gasteiger partial charge in [-0.15, -0.1) is 5.10 Å². The second-order valence-corrected chi connectivity index (χ2v) is 5.69. The quantitative estimate of drug-likeness (QED) is 0.772. The Morgan fingerprint density at radius 1 is 1.29 bits per heavy atom. The first kappa shape index (κ1) is 13.8. The number of aryl methyl sites for hydroxylation is 2. The lowest BCUT2D eigenvalue weighted by molar-refractivity contribution is 0.380. The maximum Gasteiger partial charge on any atom is 0.298 e. The molecule has 0 bridgehead atoms. The lowest BCUT2D eigenvalue weighted by Crippen LogP contribution is -2.08. The van der Waals surface area contributed by atoms with Crippen LogP contribution in [0.2, 0.25) is 0 Å². The van der Waals surface area contributed by atoms with E-state index in [-0.39, 0.29) is 11.6 Å². The molecule has 3 aromatic rings. The normalized spacial score (nSPS) is 11.0. The fourth-order valence-electron chi connectivity index (χ4n) is 2.37. The fourth-order valence-corrected chi connectivity index (χ4v) is 3.06. The number of H-pyrrole nitrogens is 1. The Kier molecular flexibility index (Phi) is 3.29. The van der Waals surface area contributed by atoms with Gasteiger partial charge in [-0.1, -0.05) is 15.9 Å². The second-order valence-electron chi connectivity index (χ2n) is 4.77. The summed E-state index contributed by atoms with van der Waals surface area (Å²) in [6.45, 7) is 4.00. The van der Waals surface area contributed by atoms with E-state index in [0.717, 1.165) is 21.3 Å². The minimum absolute atomic E-state index is 0.155. The van der Waals surface area contributed by atoms with Crippen molar-refractivity contribution in [1.29, 1.82) is 0 Å². The Morgan fingerprint density at radius 2 is 1.95 bits per heavy atom. The molecule has 2 aromatic heterocycles. The number of rotatable bonds is 2. The highest BCUT2D eigenvalue weighted by molar-refractivity contribution is 9.10. The van der Waals surface area contributed by atoms with E-state index < -0.39 is 0 Å². The smallest absolute Gasteiger partial charge is 0.298 e. The average molecular weight is 349 g/mol. The molecular formula is C14H13BrN4O2. The number of ether oxygens (including phenoxy) is 1. The maximum absolute atomic E-state index is 12.0. The summed E-state index contributed by atoms with van der Waals surface area (Å²) >= 11 is 3.47. The van der Waals surface area contributed by atoms with Crippen molar-refractivity contribution in [2.45, 2.75) is 13.8 Å².